The quantitative estimate of drug-likeness (QED) is 0.769. The van der Waals surface area contributed by atoms with Crippen molar-refractivity contribution in [3.05, 3.63) is 0 Å². The first-order valence-electron chi connectivity index (χ1n) is 7.53. The largest absolute Gasteiger partial charge is 0.346 e. The highest BCUT2D eigenvalue weighted by Crippen LogP contribution is 2.17. The Morgan fingerprint density at radius 2 is 1.63 bits per heavy atom. The molecular formula is C14H25N3O2. The van der Waals surface area contributed by atoms with Gasteiger partial charge in [-0.05, 0) is 32.1 Å². The zero-order valence-electron chi connectivity index (χ0n) is 11.6. The standard InChI is InChI=1S/C14H25N3O2/c18-13(10-15-12-6-2-3-7-12)16-11-14(19)17-8-4-1-5-9-17/h12,15H,1-11H2,(H,16,18). The van der Waals surface area contributed by atoms with Crippen molar-refractivity contribution in [2.24, 2.45) is 0 Å². The van der Waals surface area contributed by atoms with Crippen molar-refractivity contribution in [2.75, 3.05) is 26.2 Å². The summed E-state index contributed by atoms with van der Waals surface area (Å²) in [5.41, 5.74) is 0. The molecule has 0 bridgehead atoms. The van der Waals surface area contributed by atoms with Gasteiger partial charge in [-0.15, -0.1) is 0 Å². The molecule has 19 heavy (non-hydrogen) atoms. The van der Waals surface area contributed by atoms with E-state index < -0.39 is 0 Å². The summed E-state index contributed by atoms with van der Waals surface area (Å²) < 4.78 is 0. The molecule has 5 heteroatoms. The summed E-state index contributed by atoms with van der Waals surface area (Å²) in [6.45, 7) is 2.16. The van der Waals surface area contributed by atoms with Crippen LogP contribution >= 0.6 is 0 Å². The number of hydrogen-bond acceptors (Lipinski definition) is 3. The van der Waals surface area contributed by atoms with E-state index in [4.69, 9.17) is 0 Å². The summed E-state index contributed by atoms with van der Waals surface area (Å²) in [5.74, 6) is -0.0221. The Hall–Kier alpha value is -1.10. The zero-order chi connectivity index (χ0) is 13.5. The normalized spacial score (nSPS) is 20.5. The van der Waals surface area contributed by atoms with Gasteiger partial charge < -0.3 is 15.5 Å². The van der Waals surface area contributed by atoms with Gasteiger partial charge in [0.1, 0.15) is 0 Å². The highest BCUT2D eigenvalue weighted by molar-refractivity contribution is 5.85. The lowest BCUT2D eigenvalue weighted by Crippen LogP contribution is -2.45. The fourth-order valence-corrected chi connectivity index (χ4v) is 2.86. The Kier molecular flexibility index (Phi) is 5.63. The first kappa shape index (κ1) is 14.3. The minimum atomic E-state index is -0.0720. The topological polar surface area (TPSA) is 61.4 Å². The van der Waals surface area contributed by atoms with Gasteiger partial charge in [-0.3, -0.25) is 9.59 Å². The molecule has 5 nitrogen and oxygen atoms in total. The minimum Gasteiger partial charge on any atom is -0.346 e. The zero-order valence-corrected chi connectivity index (χ0v) is 11.6. The van der Waals surface area contributed by atoms with Crippen LogP contribution in [0.3, 0.4) is 0 Å². The van der Waals surface area contributed by atoms with E-state index >= 15 is 0 Å². The maximum atomic E-state index is 11.9. The molecule has 0 aromatic rings. The van der Waals surface area contributed by atoms with Gasteiger partial charge in [0.2, 0.25) is 11.8 Å². The first-order chi connectivity index (χ1) is 9.25. The van der Waals surface area contributed by atoms with Crippen molar-refractivity contribution in [1.82, 2.24) is 15.5 Å². The van der Waals surface area contributed by atoms with Gasteiger partial charge in [-0.25, -0.2) is 0 Å². The van der Waals surface area contributed by atoms with E-state index in [1.54, 1.807) is 0 Å². The molecule has 1 saturated carbocycles. The molecule has 1 aliphatic carbocycles. The van der Waals surface area contributed by atoms with Gasteiger partial charge in [-0.1, -0.05) is 12.8 Å². The fraction of sp³-hybridized carbons (Fsp3) is 0.857. The van der Waals surface area contributed by atoms with E-state index in [-0.39, 0.29) is 18.4 Å². The van der Waals surface area contributed by atoms with Crippen molar-refractivity contribution < 1.29 is 9.59 Å². The number of piperidine rings is 1. The number of carbonyl (C=O) groups excluding carboxylic acids is 2. The molecule has 2 rings (SSSR count). The number of rotatable bonds is 5. The molecule has 108 valence electrons. The van der Waals surface area contributed by atoms with Crippen LogP contribution in [0.4, 0.5) is 0 Å². The monoisotopic (exact) mass is 267 g/mol. The molecule has 0 unspecified atom stereocenters. The first-order valence-corrected chi connectivity index (χ1v) is 7.53. The van der Waals surface area contributed by atoms with Crippen LogP contribution in [0, 0.1) is 0 Å². The third-order valence-corrected chi connectivity index (χ3v) is 4.05. The highest BCUT2D eigenvalue weighted by atomic mass is 16.2. The number of carbonyl (C=O) groups is 2. The Morgan fingerprint density at radius 1 is 0.947 bits per heavy atom. The summed E-state index contributed by atoms with van der Waals surface area (Å²) in [6, 6.07) is 0.489. The molecule has 0 atom stereocenters. The van der Waals surface area contributed by atoms with Crippen LogP contribution in [0.2, 0.25) is 0 Å². The van der Waals surface area contributed by atoms with Crippen LogP contribution in [-0.2, 0) is 9.59 Å². The second-order valence-electron chi connectivity index (χ2n) is 5.58. The SMILES string of the molecule is O=C(CNC1CCCC1)NCC(=O)N1CCCCC1. The van der Waals surface area contributed by atoms with Crippen molar-refractivity contribution in [3.63, 3.8) is 0 Å². The molecule has 1 aliphatic heterocycles. The molecule has 2 fully saturated rings. The Balaban J connectivity index is 1.58. The molecule has 2 aliphatic rings. The lowest BCUT2D eigenvalue weighted by molar-refractivity contribution is -0.133. The number of nitrogens with one attached hydrogen (secondary N) is 2. The molecular weight excluding hydrogens is 242 g/mol. The number of likely N-dealkylation sites (tertiary alicyclic amines) is 1. The predicted octanol–water partition coefficient (Wildman–Crippen LogP) is 0.647. The van der Waals surface area contributed by atoms with Gasteiger partial charge in [-0.2, -0.15) is 0 Å². The van der Waals surface area contributed by atoms with Crippen LogP contribution in [0.1, 0.15) is 44.9 Å². The van der Waals surface area contributed by atoms with E-state index in [9.17, 15) is 9.59 Å². The van der Waals surface area contributed by atoms with Crippen molar-refractivity contribution in [2.45, 2.75) is 51.0 Å². The van der Waals surface area contributed by atoms with E-state index in [0.717, 1.165) is 25.9 Å². The lowest BCUT2D eigenvalue weighted by atomic mass is 10.1. The van der Waals surface area contributed by atoms with E-state index in [0.29, 0.717) is 12.6 Å². The maximum Gasteiger partial charge on any atom is 0.241 e. The Labute approximate surface area is 115 Å². The fourth-order valence-electron chi connectivity index (χ4n) is 2.86. The van der Waals surface area contributed by atoms with Crippen molar-refractivity contribution >= 4 is 11.8 Å². The summed E-state index contributed by atoms with van der Waals surface area (Å²) in [5, 5.41) is 5.96. The van der Waals surface area contributed by atoms with Crippen molar-refractivity contribution in [1.29, 1.82) is 0 Å². The number of hydrogen-bond donors (Lipinski definition) is 2. The van der Waals surface area contributed by atoms with E-state index in [2.05, 4.69) is 10.6 Å². The molecule has 2 amide bonds. The summed E-state index contributed by atoms with van der Waals surface area (Å²) in [6.07, 6.45) is 8.23. The average molecular weight is 267 g/mol. The van der Waals surface area contributed by atoms with Gasteiger partial charge in [0, 0.05) is 19.1 Å². The lowest BCUT2D eigenvalue weighted by Gasteiger charge is -2.26. The van der Waals surface area contributed by atoms with Crippen LogP contribution in [0.5, 0.6) is 0 Å². The molecule has 0 aromatic carbocycles. The highest BCUT2D eigenvalue weighted by Gasteiger charge is 2.18. The minimum absolute atomic E-state index is 0.0499. The van der Waals surface area contributed by atoms with Gasteiger partial charge >= 0.3 is 0 Å². The molecule has 2 N–H and O–H groups in total. The smallest absolute Gasteiger partial charge is 0.241 e. The second kappa shape index (κ2) is 7.48. The van der Waals surface area contributed by atoms with Gasteiger partial charge in [0.05, 0.1) is 13.1 Å². The van der Waals surface area contributed by atoms with Crippen LogP contribution in [0.25, 0.3) is 0 Å². The molecule has 0 spiro atoms. The summed E-state index contributed by atoms with van der Waals surface area (Å²) >= 11 is 0. The number of amides is 2. The van der Waals surface area contributed by atoms with Crippen LogP contribution in [-0.4, -0.2) is 48.9 Å². The number of nitrogens with zero attached hydrogens (tertiary/aromatic N) is 1. The predicted molar refractivity (Wildman–Crippen MR) is 73.7 cm³/mol. The van der Waals surface area contributed by atoms with Crippen LogP contribution < -0.4 is 10.6 Å². The van der Waals surface area contributed by atoms with E-state index in [1.165, 1.54) is 32.1 Å². The van der Waals surface area contributed by atoms with Crippen molar-refractivity contribution in [3.8, 4) is 0 Å². The Bertz CT molecular complexity index is 308. The summed E-state index contributed by atoms with van der Waals surface area (Å²) in [4.78, 5) is 25.4. The molecule has 0 aromatic heterocycles. The molecule has 1 saturated heterocycles. The average Bonchev–Trinajstić information content (AvgIpc) is 2.96. The third kappa shape index (κ3) is 4.82. The third-order valence-electron chi connectivity index (χ3n) is 4.05. The molecule has 0 radical (unpaired) electrons. The van der Waals surface area contributed by atoms with Gasteiger partial charge in [0.25, 0.3) is 0 Å². The molecule has 1 heterocycles. The van der Waals surface area contributed by atoms with E-state index in [1.807, 2.05) is 4.90 Å². The van der Waals surface area contributed by atoms with Gasteiger partial charge in [0.15, 0.2) is 0 Å². The Morgan fingerprint density at radius 3 is 2.32 bits per heavy atom. The maximum absolute atomic E-state index is 11.9. The summed E-state index contributed by atoms with van der Waals surface area (Å²) in [7, 11) is 0. The van der Waals surface area contributed by atoms with Crippen LogP contribution in [0.15, 0.2) is 0 Å². The second-order valence-corrected chi connectivity index (χ2v) is 5.58.